The van der Waals surface area contributed by atoms with Gasteiger partial charge in [0.1, 0.15) is 5.75 Å². The Labute approximate surface area is 165 Å². The van der Waals surface area contributed by atoms with Crippen LogP contribution in [-0.4, -0.2) is 38.8 Å². The summed E-state index contributed by atoms with van der Waals surface area (Å²) in [6.45, 7) is 3.04. The van der Waals surface area contributed by atoms with Gasteiger partial charge >= 0.3 is 0 Å². The van der Waals surface area contributed by atoms with E-state index in [-0.39, 0.29) is 10.8 Å². The van der Waals surface area contributed by atoms with Crippen molar-refractivity contribution in [1.82, 2.24) is 4.31 Å². The number of amides is 1. The van der Waals surface area contributed by atoms with Gasteiger partial charge in [0.15, 0.2) is 0 Å². The summed E-state index contributed by atoms with van der Waals surface area (Å²) in [7, 11) is -1.94. The van der Waals surface area contributed by atoms with E-state index in [0.717, 1.165) is 24.0 Å². The van der Waals surface area contributed by atoms with E-state index in [9.17, 15) is 13.2 Å². The maximum absolute atomic E-state index is 12.7. The average molecular weight is 401 g/mol. The van der Waals surface area contributed by atoms with Crippen LogP contribution >= 0.6 is 0 Å². The van der Waals surface area contributed by atoms with Crippen molar-refractivity contribution in [2.75, 3.05) is 25.5 Å². The lowest BCUT2D eigenvalue weighted by molar-refractivity contribution is -0.111. The number of carbonyl (C=O) groups is 1. The van der Waals surface area contributed by atoms with Crippen LogP contribution in [0.2, 0.25) is 0 Å². The topological polar surface area (TPSA) is 75.7 Å². The van der Waals surface area contributed by atoms with Gasteiger partial charge in [-0.05, 0) is 56.2 Å². The second-order valence-electron chi connectivity index (χ2n) is 6.71. The standard InChI is InChI=1S/C21H24N2O4S/c1-16-8-10-20(27-2)17(14-16)9-11-21(24)22-18-6-5-7-19(15-18)28(25,26)23-12-3-4-13-23/h5-11,14-15H,3-4,12-13H2,1-2H3,(H,22,24). The van der Waals surface area contributed by atoms with Crippen LogP contribution in [0, 0.1) is 6.92 Å². The van der Waals surface area contributed by atoms with Crippen molar-refractivity contribution >= 4 is 27.7 Å². The first-order valence-electron chi connectivity index (χ1n) is 9.14. The van der Waals surface area contributed by atoms with Crippen molar-refractivity contribution in [2.45, 2.75) is 24.7 Å². The van der Waals surface area contributed by atoms with Crippen molar-refractivity contribution in [3.8, 4) is 5.75 Å². The molecule has 28 heavy (non-hydrogen) atoms. The van der Waals surface area contributed by atoms with Crippen molar-refractivity contribution in [2.24, 2.45) is 0 Å². The highest BCUT2D eigenvalue weighted by atomic mass is 32.2. The van der Waals surface area contributed by atoms with Crippen LogP contribution in [0.4, 0.5) is 5.69 Å². The minimum absolute atomic E-state index is 0.191. The van der Waals surface area contributed by atoms with Crippen LogP contribution in [0.3, 0.4) is 0 Å². The Balaban J connectivity index is 1.74. The Morgan fingerprint density at radius 1 is 1.14 bits per heavy atom. The minimum atomic E-state index is -3.52. The van der Waals surface area contributed by atoms with E-state index in [1.165, 1.54) is 16.4 Å². The Morgan fingerprint density at radius 3 is 2.61 bits per heavy atom. The Bertz CT molecular complexity index is 993. The lowest BCUT2D eigenvalue weighted by atomic mass is 10.1. The van der Waals surface area contributed by atoms with Crippen molar-refractivity contribution in [3.63, 3.8) is 0 Å². The highest BCUT2D eigenvalue weighted by molar-refractivity contribution is 7.89. The number of hydrogen-bond donors (Lipinski definition) is 1. The number of ether oxygens (including phenoxy) is 1. The van der Waals surface area contributed by atoms with Gasteiger partial charge in [-0.1, -0.05) is 17.7 Å². The summed E-state index contributed by atoms with van der Waals surface area (Å²) in [6.07, 6.45) is 4.83. The van der Waals surface area contributed by atoms with E-state index in [1.54, 1.807) is 31.4 Å². The van der Waals surface area contributed by atoms with Crippen molar-refractivity contribution in [3.05, 3.63) is 59.7 Å². The molecular formula is C21H24N2O4S. The first kappa shape index (κ1) is 20.1. The summed E-state index contributed by atoms with van der Waals surface area (Å²) in [5.74, 6) is 0.327. The number of rotatable bonds is 6. The third-order valence-electron chi connectivity index (χ3n) is 4.60. The number of nitrogens with zero attached hydrogens (tertiary/aromatic N) is 1. The summed E-state index contributed by atoms with van der Waals surface area (Å²) in [5, 5.41) is 2.72. The monoisotopic (exact) mass is 400 g/mol. The van der Waals surface area contributed by atoms with Crippen molar-refractivity contribution < 1.29 is 17.9 Å². The molecule has 1 aliphatic heterocycles. The zero-order chi connectivity index (χ0) is 20.1. The molecule has 0 aromatic heterocycles. The fourth-order valence-corrected chi connectivity index (χ4v) is 4.71. The summed E-state index contributed by atoms with van der Waals surface area (Å²) < 4.78 is 32.1. The maximum atomic E-state index is 12.7. The Hall–Kier alpha value is -2.64. The van der Waals surface area contributed by atoms with Gasteiger partial charge in [0.2, 0.25) is 15.9 Å². The molecule has 3 rings (SSSR count). The van der Waals surface area contributed by atoms with Gasteiger partial charge in [0.05, 0.1) is 12.0 Å². The normalized spacial score (nSPS) is 15.1. The molecule has 148 valence electrons. The predicted molar refractivity (Wildman–Crippen MR) is 110 cm³/mol. The molecular weight excluding hydrogens is 376 g/mol. The van der Waals surface area contributed by atoms with Crippen LogP contribution in [0.15, 0.2) is 53.4 Å². The second kappa shape index (κ2) is 8.58. The van der Waals surface area contributed by atoms with E-state index in [2.05, 4.69) is 5.32 Å². The molecule has 1 fully saturated rings. The molecule has 0 saturated carbocycles. The molecule has 0 aliphatic carbocycles. The fourth-order valence-electron chi connectivity index (χ4n) is 3.15. The number of aryl methyl sites for hydroxylation is 1. The Morgan fingerprint density at radius 2 is 1.89 bits per heavy atom. The third-order valence-corrected chi connectivity index (χ3v) is 6.50. The van der Waals surface area contributed by atoms with Gasteiger partial charge in [-0.25, -0.2) is 8.42 Å². The predicted octanol–water partition coefficient (Wildman–Crippen LogP) is 3.44. The van der Waals surface area contributed by atoms with Crippen molar-refractivity contribution in [1.29, 1.82) is 0 Å². The molecule has 0 atom stereocenters. The highest BCUT2D eigenvalue weighted by Crippen LogP contribution is 2.24. The number of sulfonamides is 1. The van der Waals surface area contributed by atoms with E-state index in [1.807, 2.05) is 25.1 Å². The quantitative estimate of drug-likeness (QED) is 0.754. The van der Waals surface area contributed by atoms with Crippen LogP contribution in [-0.2, 0) is 14.8 Å². The van der Waals surface area contributed by atoms with Crippen LogP contribution in [0.5, 0.6) is 5.75 Å². The lowest BCUT2D eigenvalue weighted by Crippen LogP contribution is -2.27. The van der Waals surface area contributed by atoms with Gasteiger partial charge in [-0.15, -0.1) is 0 Å². The van der Waals surface area contributed by atoms with Gasteiger partial charge in [0.25, 0.3) is 0 Å². The summed E-state index contributed by atoms with van der Waals surface area (Å²) in [4.78, 5) is 12.5. The molecule has 1 N–H and O–H groups in total. The molecule has 0 unspecified atom stereocenters. The second-order valence-corrected chi connectivity index (χ2v) is 8.64. The summed E-state index contributed by atoms with van der Waals surface area (Å²) in [6, 6.07) is 12.0. The number of nitrogens with one attached hydrogen (secondary N) is 1. The van der Waals surface area contributed by atoms with E-state index < -0.39 is 10.0 Å². The van der Waals surface area contributed by atoms with Gasteiger partial charge in [-0.2, -0.15) is 4.31 Å². The molecule has 2 aromatic rings. The van der Waals surface area contributed by atoms with Crippen LogP contribution in [0.1, 0.15) is 24.0 Å². The van der Waals surface area contributed by atoms with Gasteiger partial charge in [-0.3, -0.25) is 4.79 Å². The fraction of sp³-hybridized carbons (Fsp3) is 0.286. The number of hydrogen-bond acceptors (Lipinski definition) is 4. The molecule has 0 radical (unpaired) electrons. The number of anilines is 1. The molecule has 1 aliphatic rings. The van der Waals surface area contributed by atoms with E-state index >= 15 is 0 Å². The lowest BCUT2D eigenvalue weighted by Gasteiger charge is -2.16. The van der Waals surface area contributed by atoms with Crippen LogP contribution < -0.4 is 10.1 Å². The number of carbonyl (C=O) groups excluding carboxylic acids is 1. The van der Waals surface area contributed by atoms with Crippen LogP contribution in [0.25, 0.3) is 6.08 Å². The van der Waals surface area contributed by atoms with E-state index in [4.69, 9.17) is 4.74 Å². The SMILES string of the molecule is COc1ccc(C)cc1C=CC(=O)Nc1cccc(S(=O)(=O)N2CCCC2)c1. The molecule has 1 amide bonds. The first-order chi connectivity index (χ1) is 13.4. The third kappa shape index (κ3) is 4.61. The molecule has 1 heterocycles. The highest BCUT2D eigenvalue weighted by Gasteiger charge is 2.27. The summed E-state index contributed by atoms with van der Waals surface area (Å²) in [5.41, 5.74) is 2.29. The summed E-state index contributed by atoms with van der Waals surface area (Å²) >= 11 is 0. The molecule has 6 nitrogen and oxygen atoms in total. The molecule has 0 bridgehead atoms. The molecule has 7 heteroatoms. The zero-order valence-electron chi connectivity index (χ0n) is 16.0. The number of benzene rings is 2. The Kier molecular flexibility index (Phi) is 6.16. The molecule has 0 spiro atoms. The minimum Gasteiger partial charge on any atom is -0.496 e. The molecule has 1 saturated heterocycles. The first-order valence-corrected chi connectivity index (χ1v) is 10.6. The van der Waals surface area contributed by atoms with Gasteiger partial charge < -0.3 is 10.1 Å². The smallest absolute Gasteiger partial charge is 0.248 e. The van der Waals surface area contributed by atoms with E-state index in [0.29, 0.717) is 24.5 Å². The van der Waals surface area contributed by atoms with Gasteiger partial charge in [0, 0.05) is 30.4 Å². The molecule has 2 aromatic carbocycles. The largest absolute Gasteiger partial charge is 0.496 e. The zero-order valence-corrected chi connectivity index (χ0v) is 16.8. The average Bonchev–Trinajstić information content (AvgIpc) is 3.22. The number of methoxy groups -OCH3 is 1. The maximum Gasteiger partial charge on any atom is 0.248 e.